The number of hydrogen-bond acceptors (Lipinski definition) is 4. The summed E-state index contributed by atoms with van der Waals surface area (Å²) in [5.74, 6) is 0.519. The lowest BCUT2D eigenvalue weighted by atomic mass is 10.2. The van der Waals surface area contributed by atoms with E-state index in [4.69, 9.17) is 27.9 Å². The number of rotatable bonds is 4. The average molecular weight is 397 g/mol. The van der Waals surface area contributed by atoms with Crippen molar-refractivity contribution in [3.05, 3.63) is 34.7 Å². The summed E-state index contributed by atoms with van der Waals surface area (Å²) in [5, 5.41) is 3.89. The van der Waals surface area contributed by atoms with Crippen molar-refractivity contribution in [1.82, 2.24) is 14.8 Å². The van der Waals surface area contributed by atoms with Crippen molar-refractivity contribution in [2.45, 2.75) is 11.2 Å². The number of benzene rings is 1. The Kier molecular flexibility index (Phi) is 4.50. The number of H-pyrrole nitrogens is 1. The fraction of sp³-hybridized carbons (Fsp3) is 0.154. The first-order chi connectivity index (χ1) is 11.3. The Morgan fingerprint density at radius 1 is 1.33 bits per heavy atom. The van der Waals surface area contributed by atoms with Gasteiger partial charge < -0.3 is 14.4 Å². The number of halogens is 5. The quantitative estimate of drug-likeness (QED) is 0.589. The number of aromatic nitrogens is 3. The van der Waals surface area contributed by atoms with Crippen LogP contribution in [0.25, 0.3) is 10.9 Å². The molecule has 2 aromatic heterocycles. The lowest BCUT2D eigenvalue weighted by Gasteiger charge is -2.08. The minimum Gasteiger partial charge on any atom is -0.495 e. The molecule has 11 heteroatoms. The topological polar surface area (TPSA) is 54.9 Å². The van der Waals surface area contributed by atoms with Gasteiger partial charge in [0.05, 0.1) is 23.7 Å². The first kappa shape index (κ1) is 17.1. The van der Waals surface area contributed by atoms with Gasteiger partial charge in [0.1, 0.15) is 16.5 Å². The van der Waals surface area contributed by atoms with E-state index in [1.165, 1.54) is 7.11 Å². The first-order valence-corrected chi connectivity index (χ1v) is 7.97. The number of fused-ring (bicyclic) bond motifs is 1. The van der Waals surface area contributed by atoms with E-state index < -0.39 is 11.5 Å². The van der Waals surface area contributed by atoms with Gasteiger partial charge in [0.15, 0.2) is 5.15 Å². The van der Waals surface area contributed by atoms with Crippen LogP contribution in [0.3, 0.4) is 0 Å². The standard InChI is InChI=1S/C13H9Cl2F3N4OS/c1-23-8-3-2-6-9(5-19-11(6)10(8)14)24-21-7-4-20-22(12(7)15)13(16,17)18/h2-5,19,21H,1H3. The van der Waals surface area contributed by atoms with Crippen molar-refractivity contribution in [2.75, 3.05) is 11.8 Å². The predicted molar refractivity (Wildman–Crippen MR) is 87.9 cm³/mol. The van der Waals surface area contributed by atoms with E-state index in [9.17, 15) is 13.2 Å². The van der Waals surface area contributed by atoms with Crippen LogP contribution >= 0.6 is 35.1 Å². The number of anilines is 1. The molecule has 128 valence electrons. The Bertz CT molecular complexity index is 893. The Labute approximate surface area is 148 Å². The normalized spacial score (nSPS) is 11.9. The van der Waals surface area contributed by atoms with Crippen molar-refractivity contribution < 1.29 is 17.9 Å². The maximum Gasteiger partial charge on any atom is 0.505 e. The molecule has 5 nitrogen and oxygen atoms in total. The van der Waals surface area contributed by atoms with Gasteiger partial charge in [0.2, 0.25) is 0 Å². The van der Waals surface area contributed by atoms with Crippen molar-refractivity contribution >= 4 is 51.7 Å². The minimum atomic E-state index is -4.67. The second-order valence-electron chi connectivity index (χ2n) is 4.59. The van der Waals surface area contributed by atoms with Crippen LogP contribution in [0.1, 0.15) is 0 Å². The monoisotopic (exact) mass is 396 g/mol. The van der Waals surface area contributed by atoms with Gasteiger partial charge in [-0.2, -0.15) is 9.78 Å². The van der Waals surface area contributed by atoms with Crippen LogP contribution in [0, 0.1) is 0 Å². The maximum atomic E-state index is 12.6. The molecule has 0 radical (unpaired) electrons. The molecule has 0 fully saturated rings. The van der Waals surface area contributed by atoms with Crippen LogP contribution in [0.5, 0.6) is 5.75 Å². The average Bonchev–Trinajstić information content (AvgIpc) is 3.09. The molecular formula is C13H9Cl2F3N4OS. The molecule has 3 aromatic rings. The van der Waals surface area contributed by atoms with Crippen molar-refractivity contribution in [3.63, 3.8) is 0 Å². The molecule has 0 saturated heterocycles. The van der Waals surface area contributed by atoms with E-state index in [-0.39, 0.29) is 10.4 Å². The highest BCUT2D eigenvalue weighted by Gasteiger charge is 2.35. The molecule has 0 aliphatic heterocycles. The van der Waals surface area contributed by atoms with Gasteiger partial charge in [-0.05, 0) is 24.1 Å². The van der Waals surface area contributed by atoms with Gasteiger partial charge in [-0.15, -0.1) is 13.2 Å². The zero-order chi connectivity index (χ0) is 17.5. The number of methoxy groups -OCH3 is 1. The summed E-state index contributed by atoms with van der Waals surface area (Å²) in [6.07, 6.45) is -1.99. The Hall–Kier alpha value is -1.71. The van der Waals surface area contributed by atoms with E-state index in [2.05, 4.69) is 14.8 Å². The molecule has 0 saturated carbocycles. The van der Waals surface area contributed by atoms with Crippen LogP contribution in [-0.4, -0.2) is 21.9 Å². The highest BCUT2D eigenvalue weighted by Crippen LogP contribution is 2.38. The number of hydrogen-bond donors (Lipinski definition) is 2. The van der Waals surface area contributed by atoms with Crippen LogP contribution in [0.4, 0.5) is 18.9 Å². The van der Waals surface area contributed by atoms with Crippen LogP contribution < -0.4 is 9.46 Å². The molecule has 0 bridgehead atoms. The molecule has 24 heavy (non-hydrogen) atoms. The zero-order valence-electron chi connectivity index (χ0n) is 11.9. The van der Waals surface area contributed by atoms with E-state index in [1.54, 1.807) is 18.3 Å². The van der Waals surface area contributed by atoms with Gasteiger partial charge in [-0.1, -0.05) is 23.2 Å². The highest BCUT2D eigenvalue weighted by molar-refractivity contribution is 8.00. The van der Waals surface area contributed by atoms with Crippen LogP contribution in [0.2, 0.25) is 10.2 Å². The molecule has 0 aliphatic carbocycles. The van der Waals surface area contributed by atoms with Crippen molar-refractivity contribution in [1.29, 1.82) is 0 Å². The van der Waals surface area contributed by atoms with E-state index in [0.29, 0.717) is 16.3 Å². The molecule has 0 unspecified atom stereocenters. The van der Waals surface area contributed by atoms with Gasteiger partial charge in [0, 0.05) is 11.6 Å². The summed E-state index contributed by atoms with van der Waals surface area (Å²) in [6, 6.07) is 3.50. The largest absolute Gasteiger partial charge is 0.505 e. The third kappa shape index (κ3) is 2.99. The number of aromatic amines is 1. The summed E-state index contributed by atoms with van der Waals surface area (Å²) in [7, 11) is 1.51. The highest BCUT2D eigenvalue weighted by atomic mass is 35.5. The second kappa shape index (κ2) is 6.30. The Balaban J connectivity index is 1.85. The summed E-state index contributed by atoms with van der Waals surface area (Å²) < 4.78 is 45.6. The van der Waals surface area contributed by atoms with E-state index in [1.807, 2.05) is 0 Å². The summed E-state index contributed by atoms with van der Waals surface area (Å²) in [5.41, 5.74) is 0.713. The summed E-state index contributed by atoms with van der Waals surface area (Å²) in [6.45, 7) is 0. The van der Waals surface area contributed by atoms with Crippen molar-refractivity contribution in [2.24, 2.45) is 0 Å². The van der Waals surface area contributed by atoms with Gasteiger partial charge in [-0.3, -0.25) is 0 Å². The summed E-state index contributed by atoms with van der Waals surface area (Å²) >= 11 is 13.0. The van der Waals surface area contributed by atoms with Gasteiger partial charge in [0.25, 0.3) is 0 Å². The molecule has 0 aliphatic rings. The van der Waals surface area contributed by atoms with Crippen molar-refractivity contribution in [3.8, 4) is 5.75 Å². The fourth-order valence-corrected chi connectivity index (χ4v) is 3.40. The summed E-state index contributed by atoms with van der Waals surface area (Å²) in [4.78, 5) is 3.73. The molecule has 2 heterocycles. The second-order valence-corrected chi connectivity index (χ2v) is 6.17. The van der Waals surface area contributed by atoms with Crippen LogP contribution in [-0.2, 0) is 6.30 Å². The molecule has 1 aromatic carbocycles. The molecule has 2 N–H and O–H groups in total. The third-order valence-corrected chi connectivity index (χ3v) is 4.78. The maximum absolute atomic E-state index is 12.6. The lowest BCUT2D eigenvalue weighted by Crippen LogP contribution is -2.18. The third-order valence-electron chi connectivity index (χ3n) is 3.16. The van der Waals surface area contributed by atoms with E-state index >= 15 is 0 Å². The zero-order valence-corrected chi connectivity index (χ0v) is 14.2. The molecular weight excluding hydrogens is 388 g/mol. The van der Waals surface area contributed by atoms with Gasteiger partial charge in [-0.25, -0.2) is 0 Å². The number of nitrogens with zero attached hydrogens (tertiary/aromatic N) is 2. The molecule has 0 amide bonds. The van der Waals surface area contributed by atoms with Gasteiger partial charge >= 0.3 is 6.30 Å². The number of alkyl halides is 3. The number of nitrogens with one attached hydrogen (secondary N) is 2. The Morgan fingerprint density at radius 3 is 2.71 bits per heavy atom. The molecule has 0 atom stereocenters. The van der Waals surface area contributed by atoms with Crippen LogP contribution in [0.15, 0.2) is 29.4 Å². The lowest BCUT2D eigenvalue weighted by molar-refractivity contribution is -0.212. The van der Waals surface area contributed by atoms with E-state index in [0.717, 1.165) is 28.4 Å². The fourth-order valence-electron chi connectivity index (χ4n) is 2.05. The Morgan fingerprint density at radius 2 is 2.08 bits per heavy atom. The first-order valence-electron chi connectivity index (χ1n) is 6.40. The molecule has 0 spiro atoms. The SMILES string of the molecule is COc1ccc2c(SNc3cnn(C(F)(F)F)c3Cl)c[nH]c2c1Cl. The smallest absolute Gasteiger partial charge is 0.495 e. The molecule has 3 rings (SSSR count). The number of ether oxygens (including phenoxy) is 1. The predicted octanol–water partition coefficient (Wildman–Crippen LogP) is 5.28. The minimum absolute atomic E-state index is 0.0490.